The maximum atomic E-state index is 11.0. The first-order valence-corrected chi connectivity index (χ1v) is 5.41. The minimum absolute atomic E-state index is 0.246. The highest BCUT2D eigenvalue weighted by atomic mass is 32.2. The summed E-state index contributed by atoms with van der Waals surface area (Å²) >= 11 is 0. The lowest BCUT2D eigenvalue weighted by atomic mass is 10.4. The number of rotatable bonds is 6. The van der Waals surface area contributed by atoms with Gasteiger partial charge in [0.15, 0.2) is 5.75 Å². The number of ether oxygens (including phenoxy) is 1. The van der Waals surface area contributed by atoms with Gasteiger partial charge >= 0.3 is 5.97 Å². The summed E-state index contributed by atoms with van der Waals surface area (Å²) < 4.78 is 28.5. The molecule has 0 spiro atoms. The molecule has 0 bridgehead atoms. The predicted molar refractivity (Wildman–Crippen MR) is 47.5 cm³/mol. The monoisotopic (exact) mass is 210 g/mol. The van der Waals surface area contributed by atoms with E-state index in [1.54, 1.807) is 0 Å². The SMILES string of the molecule is COC(=O)CS(=O)(=O)NCCCN. The van der Waals surface area contributed by atoms with Crippen molar-refractivity contribution in [3.05, 3.63) is 0 Å². The van der Waals surface area contributed by atoms with Crippen LogP contribution in [0.1, 0.15) is 6.42 Å². The van der Waals surface area contributed by atoms with Gasteiger partial charge in [0.2, 0.25) is 10.0 Å². The van der Waals surface area contributed by atoms with E-state index < -0.39 is 21.7 Å². The molecule has 0 aliphatic heterocycles. The highest BCUT2D eigenvalue weighted by Crippen LogP contribution is 1.86. The van der Waals surface area contributed by atoms with Crippen molar-refractivity contribution in [1.82, 2.24) is 4.72 Å². The molecule has 0 atom stereocenters. The number of hydrogen-bond donors (Lipinski definition) is 2. The fourth-order valence-corrected chi connectivity index (χ4v) is 1.58. The third-order valence-corrected chi connectivity index (χ3v) is 2.50. The Hall–Kier alpha value is -0.660. The molecule has 7 heteroatoms. The standard InChI is InChI=1S/C6H14N2O4S/c1-12-6(9)5-13(10,11)8-4-2-3-7/h8H,2-5,7H2,1H3. The minimum Gasteiger partial charge on any atom is -0.468 e. The van der Waals surface area contributed by atoms with E-state index in [4.69, 9.17) is 5.73 Å². The highest BCUT2D eigenvalue weighted by Gasteiger charge is 2.15. The molecule has 3 N–H and O–H groups in total. The van der Waals surface area contributed by atoms with E-state index >= 15 is 0 Å². The molecule has 0 saturated carbocycles. The van der Waals surface area contributed by atoms with E-state index in [-0.39, 0.29) is 6.54 Å². The van der Waals surface area contributed by atoms with E-state index in [9.17, 15) is 13.2 Å². The average Bonchev–Trinajstić information content (AvgIpc) is 2.03. The normalized spacial score (nSPS) is 11.2. The second kappa shape index (κ2) is 5.90. The van der Waals surface area contributed by atoms with Gasteiger partial charge in [-0.3, -0.25) is 4.79 Å². The number of esters is 1. The van der Waals surface area contributed by atoms with Crippen LogP contribution in [0.25, 0.3) is 0 Å². The van der Waals surface area contributed by atoms with Gasteiger partial charge in [-0.25, -0.2) is 13.1 Å². The molecule has 6 nitrogen and oxygen atoms in total. The third kappa shape index (κ3) is 6.50. The van der Waals surface area contributed by atoms with Gasteiger partial charge in [0, 0.05) is 6.54 Å². The maximum Gasteiger partial charge on any atom is 0.322 e. The molecule has 0 aliphatic rings. The molecule has 0 unspecified atom stereocenters. The average molecular weight is 210 g/mol. The smallest absolute Gasteiger partial charge is 0.322 e. The molecule has 0 radical (unpaired) electrons. The number of hydrogen-bond acceptors (Lipinski definition) is 5. The molecule has 0 saturated heterocycles. The lowest BCUT2D eigenvalue weighted by Gasteiger charge is -2.03. The van der Waals surface area contributed by atoms with Crippen molar-refractivity contribution in [2.24, 2.45) is 5.73 Å². The van der Waals surface area contributed by atoms with Crippen LogP contribution in [-0.2, 0) is 19.6 Å². The fraction of sp³-hybridized carbons (Fsp3) is 0.833. The Kier molecular flexibility index (Phi) is 5.60. The molecule has 0 aliphatic carbocycles. The molecule has 0 aromatic carbocycles. The van der Waals surface area contributed by atoms with Crippen LogP contribution in [-0.4, -0.2) is 40.3 Å². The van der Waals surface area contributed by atoms with Crippen LogP contribution in [0.2, 0.25) is 0 Å². The summed E-state index contributed by atoms with van der Waals surface area (Å²) in [7, 11) is -2.41. The Balaban J connectivity index is 3.88. The first kappa shape index (κ1) is 12.3. The maximum absolute atomic E-state index is 11.0. The first-order valence-electron chi connectivity index (χ1n) is 3.76. The number of carbonyl (C=O) groups is 1. The summed E-state index contributed by atoms with van der Waals surface area (Å²) in [6.45, 7) is 0.649. The highest BCUT2D eigenvalue weighted by molar-refractivity contribution is 7.90. The van der Waals surface area contributed by atoms with Crippen LogP contribution in [0.5, 0.6) is 0 Å². The lowest BCUT2D eigenvalue weighted by molar-refractivity contribution is -0.137. The molecule has 0 amide bonds. The quantitative estimate of drug-likeness (QED) is 0.407. The van der Waals surface area contributed by atoms with E-state index in [0.717, 1.165) is 7.11 Å². The van der Waals surface area contributed by atoms with Crippen LogP contribution >= 0.6 is 0 Å². The van der Waals surface area contributed by atoms with E-state index in [1.807, 2.05) is 0 Å². The van der Waals surface area contributed by atoms with Crippen molar-refractivity contribution in [3.63, 3.8) is 0 Å². The van der Waals surface area contributed by atoms with Gasteiger partial charge in [-0.05, 0) is 13.0 Å². The van der Waals surface area contributed by atoms with Gasteiger partial charge in [0.1, 0.15) is 0 Å². The number of nitrogens with two attached hydrogens (primary N) is 1. The second-order valence-electron chi connectivity index (χ2n) is 2.37. The second-order valence-corrected chi connectivity index (χ2v) is 4.18. The van der Waals surface area contributed by atoms with E-state index in [1.165, 1.54) is 0 Å². The largest absolute Gasteiger partial charge is 0.468 e. The van der Waals surface area contributed by atoms with Crippen molar-refractivity contribution in [1.29, 1.82) is 0 Å². The Morgan fingerprint density at radius 1 is 1.54 bits per heavy atom. The van der Waals surface area contributed by atoms with Gasteiger partial charge in [0.05, 0.1) is 7.11 Å². The van der Waals surface area contributed by atoms with Crippen LogP contribution in [0, 0.1) is 0 Å². The van der Waals surface area contributed by atoms with Crippen LogP contribution < -0.4 is 10.5 Å². The van der Waals surface area contributed by atoms with Gasteiger partial charge in [-0.15, -0.1) is 0 Å². The number of nitrogens with one attached hydrogen (secondary N) is 1. The summed E-state index contributed by atoms with van der Waals surface area (Å²) in [4.78, 5) is 10.6. The van der Waals surface area contributed by atoms with Crippen molar-refractivity contribution in [3.8, 4) is 0 Å². The van der Waals surface area contributed by atoms with E-state index in [2.05, 4.69) is 9.46 Å². The molecule has 78 valence electrons. The summed E-state index contributed by atoms with van der Waals surface area (Å²) in [6.07, 6.45) is 0.542. The summed E-state index contributed by atoms with van der Waals surface area (Å²) in [5.74, 6) is -1.42. The van der Waals surface area contributed by atoms with Crippen molar-refractivity contribution in [2.75, 3.05) is 26.0 Å². The molecule has 0 aromatic rings. The minimum atomic E-state index is -3.55. The lowest BCUT2D eigenvalue weighted by Crippen LogP contribution is -2.32. The Morgan fingerprint density at radius 2 is 2.15 bits per heavy atom. The third-order valence-electron chi connectivity index (χ3n) is 1.24. The molecule has 0 fully saturated rings. The van der Waals surface area contributed by atoms with Gasteiger partial charge < -0.3 is 10.5 Å². The predicted octanol–water partition coefficient (Wildman–Crippen LogP) is -1.57. The summed E-state index contributed by atoms with van der Waals surface area (Å²) in [5, 5.41) is 0. The number of carbonyl (C=O) groups excluding carboxylic acids is 1. The Labute approximate surface area is 77.5 Å². The molecule has 0 rings (SSSR count). The van der Waals surface area contributed by atoms with Crippen molar-refractivity contribution in [2.45, 2.75) is 6.42 Å². The number of methoxy groups -OCH3 is 1. The molecule has 13 heavy (non-hydrogen) atoms. The van der Waals surface area contributed by atoms with Gasteiger partial charge in [-0.2, -0.15) is 0 Å². The van der Waals surface area contributed by atoms with Crippen LogP contribution in [0.15, 0.2) is 0 Å². The fourth-order valence-electron chi connectivity index (χ4n) is 0.595. The zero-order chi connectivity index (χ0) is 10.3. The Morgan fingerprint density at radius 3 is 2.62 bits per heavy atom. The van der Waals surface area contributed by atoms with Crippen LogP contribution in [0.3, 0.4) is 0 Å². The van der Waals surface area contributed by atoms with Crippen molar-refractivity contribution >= 4 is 16.0 Å². The topological polar surface area (TPSA) is 98.5 Å². The van der Waals surface area contributed by atoms with Gasteiger partial charge in [0.25, 0.3) is 0 Å². The summed E-state index contributed by atoms with van der Waals surface area (Å²) in [6, 6.07) is 0. The van der Waals surface area contributed by atoms with Crippen molar-refractivity contribution < 1.29 is 17.9 Å². The van der Waals surface area contributed by atoms with Crippen LogP contribution in [0.4, 0.5) is 0 Å². The molecular formula is C6H14N2O4S. The summed E-state index contributed by atoms with van der Waals surface area (Å²) in [5.41, 5.74) is 5.16. The molecular weight excluding hydrogens is 196 g/mol. The first-order chi connectivity index (χ1) is 6.02. The Bertz CT molecular complexity index is 249. The molecule has 0 heterocycles. The zero-order valence-electron chi connectivity index (χ0n) is 7.45. The molecule has 0 aromatic heterocycles. The van der Waals surface area contributed by atoms with E-state index in [0.29, 0.717) is 13.0 Å². The van der Waals surface area contributed by atoms with Gasteiger partial charge in [-0.1, -0.05) is 0 Å². The number of sulfonamides is 1. The zero-order valence-corrected chi connectivity index (χ0v) is 8.26.